The second-order valence-electron chi connectivity index (χ2n) is 3.02. The predicted octanol–water partition coefficient (Wildman–Crippen LogP) is 2.21. The van der Waals surface area contributed by atoms with Crippen molar-refractivity contribution in [3.05, 3.63) is 41.0 Å². The Bertz CT molecular complexity index is 383. The number of nitriles is 1. The van der Waals surface area contributed by atoms with Gasteiger partial charge >= 0.3 is 0 Å². The third-order valence-electron chi connectivity index (χ3n) is 1.90. The van der Waals surface area contributed by atoms with Crippen LogP contribution in [0.3, 0.4) is 0 Å². The molecular formula is C11H12N2. The average Bonchev–Trinajstić information content (AvgIpc) is 2.15. The highest BCUT2D eigenvalue weighted by Crippen LogP contribution is 2.13. The van der Waals surface area contributed by atoms with Gasteiger partial charge in [-0.15, -0.1) is 0 Å². The SMILES string of the molecule is C/C(C#N)=C(/N)c1cccc(C)c1. The molecule has 0 amide bonds. The van der Waals surface area contributed by atoms with Crippen molar-refractivity contribution < 1.29 is 0 Å². The summed E-state index contributed by atoms with van der Waals surface area (Å²) >= 11 is 0. The fraction of sp³-hybridized carbons (Fsp3) is 0.182. The maximum atomic E-state index is 8.65. The van der Waals surface area contributed by atoms with Gasteiger partial charge in [-0.05, 0) is 25.5 Å². The molecule has 13 heavy (non-hydrogen) atoms. The lowest BCUT2D eigenvalue weighted by Gasteiger charge is -2.03. The lowest BCUT2D eigenvalue weighted by molar-refractivity contribution is 1.37. The first kappa shape index (κ1) is 9.34. The van der Waals surface area contributed by atoms with E-state index in [-0.39, 0.29) is 0 Å². The Morgan fingerprint density at radius 3 is 2.69 bits per heavy atom. The van der Waals surface area contributed by atoms with Crippen LogP contribution in [-0.4, -0.2) is 0 Å². The Kier molecular flexibility index (Phi) is 2.71. The molecule has 0 bridgehead atoms. The van der Waals surface area contributed by atoms with E-state index in [1.807, 2.05) is 37.3 Å². The zero-order chi connectivity index (χ0) is 9.84. The van der Waals surface area contributed by atoms with Gasteiger partial charge in [0.2, 0.25) is 0 Å². The molecule has 0 radical (unpaired) electrons. The van der Waals surface area contributed by atoms with Gasteiger partial charge in [0.05, 0.1) is 11.8 Å². The molecule has 0 aliphatic heterocycles. The van der Waals surface area contributed by atoms with Crippen LogP contribution >= 0.6 is 0 Å². The molecule has 0 heterocycles. The van der Waals surface area contributed by atoms with Gasteiger partial charge in [-0.25, -0.2) is 0 Å². The Hall–Kier alpha value is -1.75. The van der Waals surface area contributed by atoms with Gasteiger partial charge in [0, 0.05) is 5.57 Å². The van der Waals surface area contributed by atoms with Gasteiger partial charge in [-0.3, -0.25) is 0 Å². The molecule has 0 aliphatic rings. The minimum atomic E-state index is 0.561. The highest BCUT2D eigenvalue weighted by Gasteiger charge is 2.00. The first-order valence-electron chi connectivity index (χ1n) is 4.08. The largest absolute Gasteiger partial charge is 0.397 e. The summed E-state index contributed by atoms with van der Waals surface area (Å²) in [7, 11) is 0. The van der Waals surface area contributed by atoms with Crippen molar-refractivity contribution in [1.29, 1.82) is 5.26 Å². The molecule has 1 aromatic rings. The van der Waals surface area contributed by atoms with E-state index in [4.69, 9.17) is 11.0 Å². The maximum Gasteiger partial charge on any atom is 0.0965 e. The first-order valence-corrected chi connectivity index (χ1v) is 4.08. The van der Waals surface area contributed by atoms with Crippen LogP contribution in [-0.2, 0) is 0 Å². The summed E-state index contributed by atoms with van der Waals surface area (Å²) in [4.78, 5) is 0. The maximum absolute atomic E-state index is 8.65. The van der Waals surface area contributed by atoms with Crippen molar-refractivity contribution in [1.82, 2.24) is 0 Å². The van der Waals surface area contributed by atoms with Crippen molar-refractivity contribution in [2.45, 2.75) is 13.8 Å². The Morgan fingerprint density at radius 2 is 2.15 bits per heavy atom. The average molecular weight is 172 g/mol. The van der Waals surface area contributed by atoms with E-state index < -0.39 is 0 Å². The van der Waals surface area contributed by atoms with E-state index >= 15 is 0 Å². The standard InChI is InChI=1S/C11H12N2/c1-8-4-3-5-10(6-8)11(13)9(2)7-12/h3-6H,13H2,1-2H3/b11-9-. The van der Waals surface area contributed by atoms with Gasteiger partial charge in [-0.2, -0.15) is 5.26 Å². The summed E-state index contributed by atoms with van der Waals surface area (Å²) in [5.74, 6) is 0. The second-order valence-corrected chi connectivity index (χ2v) is 3.02. The molecule has 1 rings (SSSR count). The number of hydrogen-bond acceptors (Lipinski definition) is 2. The van der Waals surface area contributed by atoms with Crippen LogP contribution in [0.4, 0.5) is 0 Å². The van der Waals surface area contributed by atoms with Crippen molar-refractivity contribution >= 4 is 5.70 Å². The lowest BCUT2D eigenvalue weighted by atomic mass is 10.1. The van der Waals surface area contributed by atoms with E-state index in [2.05, 4.69) is 0 Å². The van der Waals surface area contributed by atoms with E-state index in [9.17, 15) is 0 Å². The summed E-state index contributed by atoms with van der Waals surface area (Å²) in [6, 6.07) is 9.84. The van der Waals surface area contributed by atoms with Crippen LogP contribution in [0.5, 0.6) is 0 Å². The number of aryl methyl sites for hydroxylation is 1. The molecule has 2 heteroatoms. The first-order chi connectivity index (χ1) is 6.15. The lowest BCUT2D eigenvalue weighted by Crippen LogP contribution is -1.99. The quantitative estimate of drug-likeness (QED) is 0.660. The fourth-order valence-electron chi connectivity index (χ4n) is 1.09. The molecule has 66 valence electrons. The zero-order valence-corrected chi connectivity index (χ0v) is 7.83. The smallest absolute Gasteiger partial charge is 0.0965 e. The van der Waals surface area contributed by atoms with Crippen molar-refractivity contribution in [2.75, 3.05) is 0 Å². The van der Waals surface area contributed by atoms with Gasteiger partial charge in [-0.1, -0.05) is 23.8 Å². The minimum absolute atomic E-state index is 0.561. The number of nitrogens with zero attached hydrogens (tertiary/aromatic N) is 1. The fourth-order valence-corrected chi connectivity index (χ4v) is 1.09. The van der Waals surface area contributed by atoms with Crippen LogP contribution in [0.1, 0.15) is 18.1 Å². The van der Waals surface area contributed by atoms with Gasteiger partial charge in [0.25, 0.3) is 0 Å². The van der Waals surface area contributed by atoms with E-state index in [0.29, 0.717) is 11.3 Å². The monoisotopic (exact) mass is 172 g/mol. The van der Waals surface area contributed by atoms with Crippen molar-refractivity contribution in [2.24, 2.45) is 5.73 Å². The topological polar surface area (TPSA) is 49.8 Å². The molecule has 0 saturated heterocycles. The number of nitrogens with two attached hydrogens (primary N) is 1. The van der Waals surface area contributed by atoms with Crippen LogP contribution in [0, 0.1) is 18.3 Å². The highest BCUT2D eigenvalue weighted by molar-refractivity contribution is 5.68. The van der Waals surface area contributed by atoms with E-state index in [1.165, 1.54) is 0 Å². The van der Waals surface area contributed by atoms with E-state index in [0.717, 1.165) is 11.1 Å². The Balaban J connectivity index is 3.18. The van der Waals surface area contributed by atoms with Gasteiger partial charge in [0.1, 0.15) is 0 Å². The van der Waals surface area contributed by atoms with Gasteiger partial charge in [0.15, 0.2) is 0 Å². The molecule has 0 spiro atoms. The van der Waals surface area contributed by atoms with Crippen LogP contribution in [0.25, 0.3) is 5.70 Å². The third kappa shape index (κ3) is 2.09. The highest BCUT2D eigenvalue weighted by atomic mass is 14.6. The van der Waals surface area contributed by atoms with Gasteiger partial charge < -0.3 is 5.73 Å². The second kappa shape index (κ2) is 3.77. The molecular weight excluding hydrogens is 160 g/mol. The summed E-state index contributed by atoms with van der Waals surface area (Å²) in [5.41, 5.74) is 8.96. The zero-order valence-electron chi connectivity index (χ0n) is 7.83. The van der Waals surface area contributed by atoms with Crippen LogP contribution in [0.2, 0.25) is 0 Å². The molecule has 0 saturated carbocycles. The van der Waals surface area contributed by atoms with Crippen LogP contribution in [0.15, 0.2) is 29.8 Å². The summed E-state index contributed by atoms with van der Waals surface area (Å²) in [6.07, 6.45) is 0. The minimum Gasteiger partial charge on any atom is -0.397 e. The molecule has 0 atom stereocenters. The summed E-state index contributed by atoms with van der Waals surface area (Å²) in [5, 5.41) is 8.65. The van der Waals surface area contributed by atoms with E-state index in [1.54, 1.807) is 6.92 Å². The summed E-state index contributed by atoms with van der Waals surface area (Å²) in [6.45, 7) is 3.72. The van der Waals surface area contributed by atoms with Crippen molar-refractivity contribution in [3.63, 3.8) is 0 Å². The Morgan fingerprint density at radius 1 is 1.46 bits per heavy atom. The molecule has 0 aromatic heterocycles. The molecule has 2 nitrogen and oxygen atoms in total. The molecule has 1 aromatic carbocycles. The number of rotatable bonds is 1. The van der Waals surface area contributed by atoms with Crippen molar-refractivity contribution in [3.8, 4) is 6.07 Å². The molecule has 0 unspecified atom stereocenters. The Labute approximate surface area is 78.3 Å². The van der Waals surface area contributed by atoms with Crippen LogP contribution < -0.4 is 5.73 Å². The number of allylic oxidation sites excluding steroid dienone is 1. The third-order valence-corrected chi connectivity index (χ3v) is 1.90. The summed E-state index contributed by atoms with van der Waals surface area (Å²) < 4.78 is 0. The molecule has 0 aliphatic carbocycles. The number of benzene rings is 1. The molecule has 0 fully saturated rings. The number of hydrogen-bond donors (Lipinski definition) is 1. The molecule has 2 N–H and O–H groups in total. The predicted molar refractivity (Wildman–Crippen MR) is 53.6 cm³/mol. The normalized spacial score (nSPS) is 11.8.